The van der Waals surface area contributed by atoms with Crippen LogP contribution in [0.2, 0.25) is 0 Å². The molecule has 1 aromatic carbocycles. The second kappa shape index (κ2) is 7.73. The molecule has 0 radical (unpaired) electrons. The second-order valence-corrected chi connectivity index (χ2v) is 6.84. The third kappa shape index (κ3) is 3.63. The lowest BCUT2D eigenvalue weighted by molar-refractivity contribution is -0.138. The number of anilines is 1. The number of nitrogens with zero attached hydrogens (tertiary/aromatic N) is 5. The van der Waals surface area contributed by atoms with Gasteiger partial charge in [0.05, 0.1) is 13.2 Å². The van der Waals surface area contributed by atoms with Crippen molar-refractivity contribution in [3.8, 4) is 5.88 Å². The molecule has 2 aliphatic heterocycles. The molecule has 0 unspecified atom stereocenters. The molecular formula is C20H23N5O2. The standard InChI is InChI=1S/C20H23N5O2/c1-27-19-8-7-18(22-23-19)24-13-10-16(11-14-24)20(26)25-17(9-12-21-25)15-5-3-2-4-6-15/h2-8,12,16-17H,9-11,13-14H2,1H3/t17-/m0/s1. The van der Waals surface area contributed by atoms with Crippen molar-refractivity contribution in [3.05, 3.63) is 48.0 Å². The Hall–Kier alpha value is -2.96. The molecule has 0 N–H and O–H groups in total. The van der Waals surface area contributed by atoms with Crippen LogP contribution in [0.3, 0.4) is 0 Å². The van der Waals surface area contributed by atoms with E-state index in [0.717, 1.165) is 43.7 Å². The number of aromatic nitrogens is 2. The van der Waals surface area contributed by atoms with Crippen LogP contribution in [-0.4, -0.2) is 47.5 Å². The minimum Gasteiger partial charge on any atom is -0.480 e. The SMILES string of the molecule is COc1ccc(N2CCC(C(=O)N3N=CC[C@H]3c3ccccc3)CC2)nn1. The summed E-state index contributed by atoms with van der Waals surface area (Å²) in [6.07, 6.45) is 4.20. The molecule has 1 atom stereocenters. The van der Waals surface area contributed by atoms with E-state index in [2.05, 4.69) is 32.3 Å². The average molecular weight is 365 g/mol. The molecule has 1 amide bonds. The number of piperidine rings is 1. The van der Waals surface area contributed by atoms with Crippen molar-refractivity contribution < 1.29 is 9.53 Å². The Labute approximate surface area is 158 Å². The van der Waals surface area contributed by atoms with E-state index in [1.165, 1.54) is 0 Å². The number of carbonyl (C=O) groups excluding carboxylic acids is 1. The molecule has 27 heavy (non-hydrogen) atoms. The van der Waals surface area contributed by atoms with E-state index in [1.54, 1.807) is 12.1 Å². The highest BCUT2D eigenvalue weighted by atomic mass is 16.5. The van der Waals surface area contributed by atoms with Crippen LogP contribution < -0.4 is 9.64 Å². The summed E-state index contributed by atoms with van der Waals surface area (Å²) in [6, 6.07) is 13.9. The zero-order valence-corrected chi connectivity index (χ0v) is 15.4. The first-order valence-electron chi connectivity index (χ1n) is 9.29. The maximum Gasteiger partial charge on any atom is 0.246 e. The van der Waals surface area contributed by atoms with Crippen molar-refractivity contribution in [3.63, 3.8) is 0 Å². The molecule has 7 heteroatoms. The lowest BCUT2D eigenvalue weighted by Gasteiger charge is -2.34. The van der Waals surface area contributed by atoms with Gasteiger partial charge >= 0.3 is 0 Å². The third-order valence-electron chi connectivity index (χ3n) is 5.24. The predicted molar refractivity (Wildman–Crippen MR) is 103 cm³/mol. The first kappa shape index (κ1) is 17.5. The van der Waals surface area contributed by atoms with Gasteiger partial charge in [0.25, 0.3) is 0 Å². The van der Waals surface area contributed by atoms with Gasteiger partial charge in [0.15, 0.2) is 5.82 Å². The van der Waals surface area contributed by atoms with Gasteiger partial charge in [-0.1, -0.05) is 30.3 Å². The normalized spacial score (nSPS) is 20.1. The molecule has 3 heterocycles. The zero-order chi connectivity index (χ0) is 18.6. The maximum atomic E-state index is 13.1. The van der Waals surface area contributed by atoms with Gasteiger partial charge in [0.2, 0.25) is 11.8 Å². The van der Waals surface area contributed by atoms with Gasteiger partial charge < -0.3 is 9.64 Å². The van der Waals surface area contributed by atoms with E-state index < -0.39 is 0 Å². The Balaban J connectivity index is 1.38. The molecule has 0 saturated carbocycles. The topological polar surface area (TPSA) is 70.9 Å². The molecular weight excluding hydrogens is 342 g/mol. The first-order valence-corrected chi connectivity index (χ1v) is 9.29. The van der Waals surface area contributed by atoms with Gasteiger partial charge in [0, 0.05) is 37.7 Å². The van der Waals surface area contributed by atoms with E-state index in [9.17, 15) is 4.79 Å². The Bertz CT molecular complexity index is 801. The molecule has 7 nitrogen and oxygen atoms in total. The molecule has 1 fully saturated rings. The van der Waals surface area contributed by atoms with Crippen molar-refractivity contribution in [2.24, 2.45) is 11.0 Å². The largest absolute Gasteiger partial charge is 0.480 e. The number of ether oxygens (including phenoxy) is 1. The highest BCUT2D eigenvalue weighted by Crippen LogP contribution is 2.32. The number of rotatable bonds is 4. The number of carbonyl (C=O) groups is 1. The molecule has 0 bridgehead atoms. The number of methoxy groups -OCH3 is 1. The van der Waals surface area contributed by atoms with Gasteiger partial charge in [-0.3, -0.25) is 4.79 Å². The van der Waals surface area contributed by atoms with Gasteiger partial charge in [-0.2, -0.15) is 5.10 Å². The van der Waals surface area contributed by atoms with Crippen LogP contribution in [0, 0.1) is 5.92 Å². The van der Waals surface area contributed by atoms with E-state index in [-0.39, 0.29) is 17.9 Å². The van der Waals surface area contributed by atoms with Crippen LogP contribution in [0.1, 0.15) is 30.9 Å². The smallest absolute Gasteiger partial charge is 0.246 e. The summed E-state index contributed by atoms with van der Waals surface area (Å²) in [5.41, 5.74) is 1.13. The van der Waals surface area contributed by atoms with E-state index in [1.807, 2.05) is 36.5 Å². The van der Waals surface area contributed by atoms with Crippen molar-refractivity contribution in [1.82, 2.24) is 15.2 Å². The average Bonchev–Trinajstić information content (AvgIpc) is 3.24. The summed E-state index contributed by atoms with van der Waals surface area (Å²) in [4.78, 5) is 15.2. The van der Waals surface area contributed by atoms with Crippen LogP contribution in [0.15, 0.2) is 47.6 Å². The van der Waals surface area contributed by atoms with E-state index in [0.29, 0.717) is 5.88 Å². The molecule has 1 aromatic heterocycles. The quantitative estimate of drug-likeness (QED) is 0.833. The Kier molecular flexibility index (Phi) is 5.00. The number of amides is 1. The van der Waals surface area contributed by atoms with Gasteiger partial charge in [-0.25, -0.2) is 5.01 Å². The Morgan fingerprint density at radius 3 is 2.52 bits per heavy atom. The lowest BCUT2D eigenvalue weighted by Crippen LogP contribution is -2.41. The van der Waals surface area contributed by atoms with Crippen LogP contribution in [-0.2, 0) is 4.79 Å². The number of benzene rings is 1. The maximum absolute atomic E-state index is 13.1. The fourth-order valence-corrected chi connectivity index (χ4v) is 3.71. The van der Waals surface area contributed by atoms with Gasteiger partial charge in [-0.05, 0) is 24.5 Å². The van der Waals surface area contributed by atoms with E-state index in [4.69, 9.17) is 4.74 Å². The summed E-state index contributed by atoms with van der Waals surface area (Å²) >= 11 is 0. The summed E-state index contributed by atoms with van der Waals surface area (Å²) < 4.78 is 5.05. The van der Waals surface area contributed by atoms with Crippen molar-refractivity contribution >= 4 is 17.9 Å². The molecule has 4 rings (SSSR count). The summed E-state index contributed by atoms with van der Waals surface area (Å²) in [5, 5.41) is 14.3. The summed E-state index contributed by atoms with van der Waals surface area (Å²) in [5.74, 6) is 1.44. The molecule has 140 valence electrons. The minimum absolute atomic E-state index is 0.00563. The van der Waals surface area contributed by atoms with Gasteiger partial charge in [0.1, 0.15) is 0 Å². The van der Waals surface area contributed by atoms with Crippen LogP contribution in [0.4, 0.5) is 5.82 Å². The van der Waals surface area contributed by atoms with Crippen molar-refractivity contribution in [2.45, 2.75) is 25.3 Å². The highest BCUT2D eigenvalue weighted by Gasteiger charge is 2.34. The summed E-state index contributed by atoms with van der Waals surface area (Å²) in [7, 11) is 1.57. The highest BCUT2D eigenvalue weighted by molar-refractivity contribution is 5.82. The predicted octanol–water partition coefficient (Wildman–Crippen LogP) is 2.66. The zero-order valence-electron chi connectivity index (χ0n) is 15.4. The molecule has 2 aromatic rings. The molecule has 2 aliphatic rings. The molecule has 1 saturated heterocycles. The number of hydrogen-bond acceptors (Lipinski definition) is 6. The van der Waals surface area contributed by atoms with Crippen LogP contribution in [0.5, 0.6) is 5.88 Å². The molecule has 0 aliphatic carbocycles. The monoisotopic (exact) mass is 365 g/mol. The number of hydrogen-bond donors (Lipinski definition) is 0. The first-order chi connectivity index (χ1) is 13.3. The van der Waals surface area contributed by atoms with Crippen LogP contribution >= 0.6 is 0 Å². The van der Waals surface area contributed by atoms with E-state index >= 15 is 0 Å². The fourth-order valence-electron chi connectivity index (χ4n) is 3.71. The third-order valence-corrected chi connectivity index (χ3v) is 5.24. The van der Waals surface area contributed by atoms with Crippen LogP contribution in [0.25, 0.3) is 0 Å². The minimum atomic E-state index is -0.00563. The van der Waals surface area contributed by atoms with Crippen molar-refractivity contribution in [2.75, 3.05) is 25.1 Å². The fraction of sp³-hybridized carbons (Fsp3) is 0.400. The van der Waals surface area contributed by atoms with Crippen molar-refractivity contribution in [1.29, 1.82) is 0 Å². The lowest BCUT2D eigenvalue weighted by atomic mass is 9.94. The molecule has 0 spiro atoms. The second-order valence-electron chi connectivity index (χ2n) is 6.84. The number of hydrazone groups is 1. The Morgan fingerprint density at radius 1 is 1.07 bits per heavy atom. The summed E-state index contributed by atoms with van der Waals surface area (Å²) in [6.45, 7) is 1.57. The van der Waals surface area contributed by atoms with Gasteiger partial charge in [-0.15, -0.1) is 10.2 Å². The Morgan fingerprint density at radius 2 is 1.85 bits per heavy atom.